The molecule has 10 heteroatoms. The van der Waals surface area contributed by atoms with Gasteiger partial charge in [-0.2, -0.15) is 0 Å². The zero-order chi connectivity index (χ0) is 27.8. The molecule has 0 fully saturated rings. The molecule has 0 aliphatic rings. The number of nitrogens with zero attached hydrogens (tertiary/aromatic N) is 1. The second-order valence-electron chi connectivity index (χ2n) is 8.26. The van der Waals surface area contributed by atoms with E-state index in [1.807, 2.05) is 61.7 Å². The molecule has 1 unspecified atom stereocenters. The molecule has 4 rings (SSSR count). The Hall–Kier alpha value is -4.02. The van der Waals surface area contributed by atoms with Crippen LogP contribution in [0.15, 0.2) is 77.0 Å². The second kappa shape index (κ2) is 13.2. The molecule has 0 radical (unpaired) electrons. The van der Waals surface area contributed by atoms with Crippen LogP contribution in [0.5, 0.6) is 17.2 Å². The Morgan fingerprint density at radius 3 is 2.33 bits per heavy atom. The van der Waals surface area contributed by atoms with Gasteiger partial charge in [0.1, 0.15) is 22.8 Å². The van der Waals surface area contributed by atoms with Gasteiger partial charge in [0.15, 0.2) is 5.13 Å². The number of carbonyl (C=O) groups excluding carboxylic acids is 2. The third-order valence-corrected chi connectivity index (χ3v) is 7.48. The van der Waals surface area contributed by atoms with Gasteiger partial charge in [-0.05, 0) is 68.4 Å². The predicted molar refractivity (Wildman–Crippen MR) is 157 cm³/mol. The lowest BCUT2D eigenvalue weighted by atomic mass is 10.1. The van der Waals surface area contributed by atoms with Crippen LogP contribution >= 0.6 is 23.1 Å². The van der Waals surface area contributed by atoms with Gasteiger partial charge in [0.05, 0.1) is 31.8 Å². The quantitative estimate of drug-likeness (QED) is 0.198. The first-order chi connectivity index (χ1) is 18.9. The SMILES string of the molecule is CCOc1ccc(-c2csc(NC(=O)C(C)Sc3cccc(NC(=O)c4c(OC)cccc4OC)c3)n2)cc1. The maximum Gasteiger partial charge on any atom is 0.263 e. The predicted octanol–water partition coefficient (Wildman–Crippen LogP) is 6.60. The van der Waals surface area contributed by atoms with Crippen molar-refractivity contribution in [3.8, 4) is 28.5 Å². The minimum absolute atomic E-state index is 0.166. The largest absolute Gasteiger partial charge is 0.496 e. The Labute approximate surface area is 235 Å². The van der Waals surface area contributed by atoms with E-state index >= 15 is 0 Å². The highest BCUT2D eigenvalue weighted by atomic mass is 32.2. The van der Waals surface area contributed by atoms with Crippen LogP contribution in [0.4, 0.5) is 10.8 Å². The average molecular weight is 564 g/mol. The van der Waals surface area contributed by atoms with E-state index in [-0.39, 0.29) is 11.8 Å². The van der Waals surface area contributed by atoms with Crippen LogP contribution in [0.25, 0.3) is 11.3 Å². The van der Waals surface area contributed by atoms with E-state index in [1.165, 1.54) is 37.3 Å². The molecular weight excluding hydrogens is 534 g/mol. The van der Waals surface area contributed by atoms with E-state index in [0.29, 0.717) is 34.5 Å². The molecule has 3 aromatic carbocycles. The monoisotopic (exact) mass is 563 g/mol. The van der Waals surface area contributed by atoms with Crippen molar-refractivity contribution < 1.29 is 23.8 Å². The number of aromatic nitrogens is 1. The van der Waals surface area contributed by atoms with Gasteiger partial charge in [-0.15, -0.1) is 23.1 Å². The van der Waals surface area contributed by atoms with Gasteiger partial charge < -0.3 is 24.8 Å². The van der Waals surface area contributed by atoms with Crippen LogP contribution in [0.1, 0.15) is 24.2 Å². The molecule has 8 nitrogen and oxygen atoms in total. The van der Waals surface area contributed by atoms with Crippen LogP contribution < -0.4 is 24.8 Å². The molecule has 1 atom stereocenters. The Kier molecular flexibility index (Phi) is 9.45. The number of rotatable bonds is 11. The summed E-state index contributed by atoms with van der Waals surface area (Å²) in [5.74, 6) is 1.11. The summed E-state index contributed by atoms with van der Waals surface area (Å²) in [7, 11) is 3.00. The highest BCUT2D eigenvalue weighted by Gasteiger charge is 2.20. The van der Waals surface area contributed by atoms with E-state index in [1.54, 1.807) is 24.3 Å². The van der Waals surface area contributed by atoms with E-state index < -0.39 is 5.25 Å². The lowest BCUT2D eigenvalue weighted by Crippen LogP contribution is -2.22. The summed E-state index contributed by atoms with van der Waals surface area (Å²) in [6, 6.07) is 20.2. The third kappa shape index (κ3) is 7.10. The normalized spacial score (nSPS) is 11.4. The Balaban J connectivity index is 1.38. The van der Waals surface area contributed by atoms with Crippen molar-refractivity contribution in [3.63, 3.8) is 0 Å². The van der Waals surface area contributed by atoms with Gasteiger partial charge in [-0.1, -0.05) is 12.1 Å². The van der Waals surface area contributed by atoms with Gasteiger partial charge in [0, 0.05) is 21.5 Å². The number of thioether (sulfide) groups is 1. The maximum absolute atomic E-state index is 13.0. The van der Waals surface area contributed by atoms with Crippen molar-refractivity contribution in [3.05, 3.63) is 77.7 Å². The molecule has 2 amide bonds. The fourth-order valence-electron chi connectivity index (χ4n) is 3.73. The number of anilines is 2. The number of amides is 2. The van der Waals surface area contributed by atoms with E-state index in [4.69, 9.17) is 14.2 Å². The van der Waals surface area contributed by atoms with Gasteiger partial charge in [0.2, 0.25) is 5.91 Å². The maximum atomic E-state index is 13.0. The van der Waals surface area contributed by atoms with Crippen LogP contribution in [-0.2, 0) is 4.79 Å². The van der Waals surface area contributed by atoms with Crippen molar-refractivity contribution in [2.24, 2.45) is 0 Å². The summed E-state index contributed by atoms with van der Waals surface area (Å²) in [4.78, 5) is 31.3. The van der Waals surface area contributed by atoms with Crippen LogP contribution in [-0.4, -0.2) is 42.9 Å². The van der Waals surface area contributed by atoms with Crippen LogP contribution in [0, 0.1) is 0 Å². The molecule has 2 N–H and O–H groups in total. The molecule has 1 aromatic heterocycles. The first-order valence-electron chi connectivity index (χ1n) is 12.2. The summed E-state index contributed by atoms with van der Waals surface area (Å²) in [5, 5.41) is 7.83. The van der Waals surface area contributed by atoms with E-state index in [9.17, 15) is 9.59 Å². The zero-order valence-electron chi connectivity index (χ0n) is 22.0. The van der Waals surface area contributed by atoms with E-state index in [2.05, 4.69) is 15.6 Å². The molecule has 39 heavy (non-hydrogen) atoms. The number of thiazole rings is 1. The molecule has 1 heterocycles. The minimum Gasteiger partial charge on any atom is -0.496 e. The molecule has 0 saturated heterocycles. The van der Waals surface area contributed by atoms with Crippen molar-refractivity contribution in [2.45, 2.75) is 24.0 Å². The summed E-state index contributed by atoms with van der Waals surface area (Å²) < 4.78 is 16.2. The van der Waals surface area contributed by atoms with Crippen molar-refractivity contribution >= 4 is 45.7 Å². The molecule has 0 aliphatic carbocycles. The topological polar surface area (TPSA) is 98.8 Å². The molecule has 0 saturated carbocycles. The lowest BCUT2D eigenvalue weighted by molar-refractivity contribution is -0.115. The van der Waals surface area contributed by atoms with Gasteiger partial charge in [0.25, 0.3) is 5.91 Å². The van der Waals surface area contributed by atoms with E-state index in [0.717, 1.165) is 21.9 Å². The molecular formula is C29H29N3O5S2. The highest BCUT2D eigenvalue weighted by Crippen LogP contribution is 2.31. The molecule has 0 aliphatic heterocycles. The van der Waals surface area contributed by atoms with Crippen LogP contribution in [0.2, 0.25) is 0 Å². The summed E-state index contributed by atoms with van der Waals surface area (Å²) in [6.07, 6.45) is 0. The summed E-state index contributed by atoms with van der Waals surface area (Å²) in [6.45, 7) is 4.38. The smallest absolute Gasteiger partial charge is 0.263 e. The molecule has 202 valence electrons. The summed E-state index contributed by atoms with van der Waals surface area (Å²) >= 11 is 2.76. The first kappa shape index (κ1) is 28.0. The Morgan fingerprint density at radius 1 is 0.974 bits per heavy atom. The number of benzene rings is 3. The summed E-state index contributed by atoms with van der Waals surface area (Å²) in [5.41, 5.74) is 2.63. The lowest BCUT2D eigenvalue weighted by Gasteiger charge is -2.14. The Morgan fingerprint density at radius 2 is 1.67 bits per heavy atom. The fourth-order valence-corrected chi connectivity index (χ4v) is 5.38. The molecule has 0 bridgehead atoms. The minimum atomic E-state index is -0.400. The van der Waals surface area contributed by atoms with Gasteiger partial charge in [-0.25, -0.2) is 4.98 Å². The van der Waals surface area contributed by atoms with Crippen molar-refractivity contribution in [1.82, 2.24) is 4.98 Å². The number of carbonyl (C=O) groups is 2. The number of methoxy groups -OCH3 is 2. The third-order valence-electron chi connectivity index (χ3n) is 5.62. The molecule has 4 aromatic rings. The van der Waals surface area contributed by atoms with Gasteiger partial charge >= 0.3 is 0 Å². The molecule has 0 spiro atoms. The fraction of sp³-hybridized carbons (Fsp3) is 0.207. The number of hydrogen-bond acceptors (Lipinski definition) is 8. The van der Waals surface area contributed by atoms with Crippen LogP contribution in [0.3, 0.4) is 0 Å². The second-order valence-corrected chi connectivity index (χ2v) is 10.5. The highest BCUT2D eigenvalue weighted by molar-refractivity contribution is 8.00. The van der Waals surface area contributed by atoms with Crippen molar-refractivity contribution in [2.75, 3.05) is 31.5 Å². The first-order valence-corrected chi connectivity index (χ1v) is 14.0. The Bertz CT molecular complexity index is 1420. The number of nitrogens with one attached hydrogen (secondary N) is 2. The van der Waals surface area contributed by atoms with Gasteiger partial charge in [-0.3, -0.25) is 9.59 Å². The average Bonchev–Trinajstić information content (AvgIpc) is 3.41. The standard InChI is InChI=1S/C29H29N3O5S2/c1-5-37-21-14-12-19(13-15-21)23-17-38-29(31-23)32-27(33)18(2)39-22-9-6-8-20(16-22)30-28(34)26-24(35-3)10-7-11-25(26)36-4/h6-18H,5H2,1-4H3,(H,30,34)(H,31,32,33). The number of hydrogen-bond donors (Lipinski definition) is 2. The zero-order valence-corrected chi connectivity index (χ0v) is 23.7. The van der Waals surface area contributed by atoms with Crippen molar-refractivity contribution in [1.29, 1.82) is 0 Å². The number of ether oxygens (including phenoxy) is 3.